The maximum absolute atomic E-state index is 5.53. The van der Waals surface area contributed by atoms with Gasteiger partial charge in [0.25, 0.3) is 0 Å². The Labute approximate surface area is 110 Å². The average Bonchev–Trinajstić information content (AvgIpc) is 2.33. The lowest BCUT2D eigenvalue weighted by Gasteiger charge is -2.12. The minimum atomic E-state index is 0.697. The fourth-order valence-electron chi connectivity index (χ4n) is 1.33. The summed E-state index contributed by atoms with van der Waals surface area (Å²) in [6.45, 7) is 6.69. The van der Waals surface area contributed by atoms with Gasteiger partial charge in [-0.05, 0) is 18.4 Å². The van der Waals surface area contributed by atoms with Crippen molar-refractivity contribution in [3.05, 3.63) is 12.3 Å². The first-order chi connectivity index (χ1) is 8.59. The fraction of sp³-hybridized carbons (Fsp3) is 0.692. The SMILES string of the molecule is CC(C)CCOCCNc1ccnc(N(C)C)n1. The summed E-state index contributed by atoms with van der Waals surface area (Å²) in [5.41, 5.74) is 0. The first kappa shape index (κ1) is 14.7. The summed E-state index contributed by atoms with van der Waals surface area (Å²) in [5, 5.41) is 3.23. The Morgan fingerprint density at radius 3 is 2.78 bits per heavy atom. The van der Waals surface area contributed by atoms with E-state index in [4.69, 9.17) is 4.74 Å². The van der Waals surface area contributed by atoms with Crippen molar-refractivity contribution in [1.82, 2.24) is 9.97 Å². The normalized spacial score (nSPS) is 10.7. The quantitative estimate of drug-likeness (QED) is 0.717. The van der Waals surface area contributed by atoms with Crippen LogP contribution < -0.4 is 10.2 Å². The molecular weight excluding hydrogens is 228 g/mol. The molecule has 1 rings (SSSR count). The van der Waals surface area contributed by atoms with Crippen molar-refractivity contribution in [3.8, 4) is 0 Å². The molecule has 102 valence electrons. The van der Waals surface area contributed by atoms with Crippen molar-refractivity contribution in [1.29, 1.82) is 0 Å². The summed E-state index contributed by atoms with van der Waals surface area (Å²) in [4.78, 5) is 10.4. The Bertz CT molecular complexity index is 342. The molecule has 0 fully saturated rings. The maximum Gasteiger partial charge on any atom is 0.226 e. The van der Waals surface area contributed by atoms with E-state index >= 15 is 0 Å². The van der Waals surface area contributed by atoms with Gasteiger partial charge in [-0.25, -0.2) is 4.98 Å². The number of anilines is 2. The summed E-state index contributed by atoms with van der Waals surface area (Å²) in [6.07, 6.45) is 2.86. The van der Waals surface area contributed by atoms with E-state index in [0.717, 1.165) is 25.4 Å². The van der Waals surface area contributed by atoms with Crippen molar-refractivity contribution in [2.45, 2.75) is 20.3 Å². The van der Waals surface area contributed by atoms with Crippen LogP contribution in [-0.2, 0) is 4.74 Å². The molecule has 5 heteroatoms. The Kier molecular flexibility index (Phi) is 6.43. The number of nitrogens with one attached hydrogen (secondary N) is 1. The van der Waals surface area contributed by atoms with E-state index in [-0.39, 0.29) is 0 Å². The largest absolute Gasteiger partial charge is 0.380 e. The highest BCUT2D eigenvalue weighted by Gasteiger charge is 2.00. The summed E-state index contributed by atoms with van der Waals surface area (Å²) in [6, 6.07) is 1.86. The Hall–Kier alpha value is -1.36. The molecule has 0 saturated heterocycles. The van der Waals surface area contributed by atoms with Crippen LogP contribution in [0.3, 0.4) is 0 Å². The van der Waals surface area contributed by atoms with E-state index in [2.05, 4.69) is 29.1 Å². The second kappa shape index (κ2) is 7.87. The van der Waals surface area contributed by atoms with Gasteiger partial charge >= 0.3 is 0 Å². The fourth-order valence-corrected chi connectivity index (χ4v) is 1.33. The highest BCUT2D eigenvalue weighted by atomic mass is 16.5. The van der Waals surface area contributed by atoms with Gasteiger partial charge in [0, 0.05) is 33.4 Å². The van der Waals surface area contributed by atoms with Crippen LogP contribution in [0, 0.1) is 5.92 Å². The molecule has 0 radical (unpaired) electrons. The smallest absolute Gasteiger partial charge is 0.226 e. The summed E-state index contributed by atoms with van der Waals surface area (Å²) in [5.74, 6) is 2.24. The lowest BCUT2D eigenvalue weighted by molar-refractivity contribution is 0.132. The Morgan fingerprint density at radius 2 is 2.11 bits per heavy atom. The molecular formula is C13H24N4O. The van der Waals surface area contributed by atoms with Gasteiger partial charge < -0.3 is 15.0 Å². The van der Waals surface area contributed by atoms with Gasteiger partial charge in [0.2, 0.25) is 5.95 Å². The van der Waals surface area contributed by atoms with Crippen molar-refractivity contribution in [3.63, 3.8) is 0 Å². The molecule has 5 nitrogen and oxygen atoms in total. The van der Waals surface area contributed by atoms with Gasteiger partial charge in [0.15, 0.2) is 0 Å². The van der Waals surface area contributed by atoms with Gasteiger partial charge in [-0.1, -0.05) is 13.8 Å². The van der Waals surface area contributed by atoms with E-state index < -0.39 is 0 Å². The molecule has 0 spiro atoms. The lowest BCUT2D eigenvalue weighted by Crippen LogP contribution is -2.15. The number of rotatable bonds is 8. The van der Waals surface area contributed by atoms with Gasteiger partial charge in [0.1, 0.15) is 5.82 Å². The van der Waals surface area contributed by atoms with Crippen LogP contribution in [0.2, 0.25) is 0 Å². The molecule has 0 unspecified atom stereocenters. The van der Waals surface area contributed by atoms with Crippen molar-refractivity contribution < 1.29 is 4.74 Å². The second-order valence-corrected chi connectivity index (χ2v) is 4.86. The topological polar surface area (TPSA) is 50.3 Å². The molecule has 1 aromatic heterocycles. The number of hydrogen-bond donors (Lipinski definition) is 1. The van der Waals surface area contributed by atoms with Gasteiger partial charge in [0.05, 0.1) is 6.61 Å². The highest BCUT2D eigenvalue weighted by Crippen LogP contribution is 2.07. The first-order valence-corrected chi connectivity index (χ1v) is 6.41. The van der Waals surface area contributed by atoms with Crippen LogP contribution >= 0.6 is 0 Å². The minimum Gasteiger partial charge on any atom is -0.380 e. The number of nitrogens with zero attached hydrogens (tertiary/aromatic N) is 3. The van der Waals surface area contributed by atoms with Gasteiger partial charge in [-0.3, -0.25) is 0 Å². The Morgan fingerprint density at radius 1 is 1.33 bits per heavy atom. The summed E-state index contributed by atoms with van der Waals surface area (Å²) >= 11 is 0. The Balaban J connectivity index is 2.21. The molecule has 1 N–H and O–H groups in total. The first-order valence-electron chi connectivity index (χ1n) is 6.41. The predicted molar refractivity (Wildman–Crippen MR) is 75.1 cm³/mol. The van der Waals surface area contributed by atoms with Crippen LogP contribution in [0.1, 0.15) is 20.3 Å². The minimum absolute atomic E-state index is 0.697. The zero-order valence-electron chi connectivity index (χ0n) is 11.8. The molecule has 0 atom stereocenters. The molecule has 0 aliphatic rings. The van der Waals surface area contributed by atoms with Crippen molar-refractivity contribution in [2.24, 2.45) is 5.92 Å². The van der Waals surface area contributed by atoms with E-state index in [1.165, 1.54) is 0 Å². The van der Waals surface area contributed by atoms with E-state index in [0.29, 0.717) is 18.5 Å². The summed E-state index contributed by atoms with van der Waals surface area (Å²) in [7, 11) is 3.85. The third-order valence-corrected chi connectivity index (χ3v) is 2.43. The average molecular weight is 252 g/mol. The molecule has 18 heavy (non-hydrogen) atoms. The zero-order chi connectivity index (χ0) is 13.4. The van der Waals surface area contributed by atoms with E-state index in [1.807, 2.05) is 25.1 Å². The lowest BCUT2D eigenvalue weighted by atomic mass is 10.1. The molecule has 1 aromatic rings. The van der Waals surface area contributed by atoms with Crippen LogP contribution in [0.5, 0.6) is 0 Å². The second-order valence-electron chi connectivity index (χ2n) is 4.86. The molecule has 0 aliphatic carbocycles. The van der Waals surface area contributed by atoms with Gasteiger partial charge in [-0.2, -0.15) is 4.98 Å². The zero-order valence-corrected chi connectivity index (χ0v) is 11.8. The standard InChI is InChI=1S/C13H24N4O/c1-11(2)6-9-18-10-8-14-12-5-7-15-13(16-12)17(3)4/h5,7,11H,6,8-10H2,1-4H3,(H,14,15,16). The molecule has 1 heterocycles. The van der Waals surface area contributed by atoms with Crippen LogP contribution in [0.4, 0.5) is 11.8 Å². The number of hydrogen-bond acceptors (Lipinski definition) is 5. The monoisotopic (exact) mass is 252 g/mol. The molecule has 0 bridgehead atoms. The number of aromatic nitrogens is 2. The van der Waals surface area contributed by atoms with Crippen molar-refractivity contribution in [2.75, 3.05) is 44.1 Å². The van der Waals surface area contributed by atoms with Gasteiger partial charge in [-0.15, -0.1) is 0 Å². The number of ether oxygens (including phenoxy) is 1. The third-order valence-electron chi connectivity index (χ3n) is 2.43. The molecule has 0 saturated carbocycles. The third kappa shape index (κ3) is 5.82. The van der Waals surface area contributed by atoms with E-state index in [9.17, 15) is 0 Å². The maximum atomic E-state index is 5.53. The van der Waals surface area contributed by atoms with Crippen LogP contribution in [-0.4, -0.2) is 43.8 Å². The predicted octanol–water partition coefficient (Wildman–Crippen LogP) is 2.02. The van der Waals surface area contributed by atoms with Crippen molar-refractivity contribution >= 4 is 11.8 Å². The van der Waals surface area contributed by atoms with Crippen LogP contribution in [0.15, 0.2) is 12.3 Å². The highest BCUT2D eigenvalue weighted by molar-refractivity contribution is 5.40. The molecule has 0 aromatic carbocycles. The van der Waals surface area contributed by atoms with Crippen LogP contribution in [0.25, 0.3) is 0 Å². The molecule has 0 aliphatic heterocycles. The van der Waals surface area contributed by atoms with E-state index in [1.54, 1.807) is 6.20 Å². The molecule has 0 amide bonds. The summed E-state index contributed by atoms with van der Waals surface area (Å²) < 4.78 is 5.53.